The average molecular weight is 369 g/mol. The van der Waals surface area contributed by atoms with E-state index in [1.54, 1.807) is 26.1 Å². The van der Waals surface area contributed by atoms with E-state index in [1.165, 1.54) is 6.26 Å². The number of nitrogens with zero attached hydrogens (tertiary/aromatic N) is 1. The molecule has 0 fully saturated rings. The molecule has 7 nitrogen and oxygen atoms in total. The van der Waals surface area contributed by atoms with E-state index in [-0.39, 0.29) is 11.9 Å². The third kappa shape index (κ3) is 7.55. The van der Waals surface area contributed by atoms with Crippen LogP contribution in [0, 0.1) is 6.92 Å². The number of hydrogen-bond donors (Lipinski definition) is 3. The van der Waals surface area contributed by atoms with E-state index in [1.807, 2.05) is 19.9 Å². The van der Waals surface area contributed by atoms with Gasteiger partial charge in [-0.2, -0.15) is 0 Å². The molecule has 140 valence electrons. The molecule has 8 heteroatoms. The van der Waals surface area contributed by atoms with Crippen molar-refractivity contribution in [3.8, 4) is 0 Å². The lowest BCUT2D eigenvalue weighted by molar-refractivity contribution is -0.121. The molecule has 0 spiro atoms. The van der Waals surface area contributed by atoms with Crippen molar-refractivity contribution in [2.75, 3.05) is 19.8 Å². The normalized spacial score (nSPS) is 12.2. The summed E-state index contributed by atoms with van der Waals surface area (Å²) in [6.07, 6.45) is 1.56. The Morgan fingerprint density at radius 1 is 1.24 bits per heavy atom. The number of amides is 1. The quantitative estimate of drug-likeness (QED) is 0.492. The Labute approximate surface area is 150 Å². The first-order valence-corrected chi connectivity index (χ1v) is 10.1. The standard InChI is InChI=1S/C17H28N4O3S/c1-12(2)21-16(22)8-9-19-17(18-4)20-11-14-6-7-15(13(3)10-14)25(5,23)24/h6-7,10,12H,8-9,11H2,1-5H3,(H,21,22)(H2,18,19,20). The molecule has 0 unspecified atom stereocenters. The lowest BCUT2D eigenvalue weighted by atomic mass is 10.1. The van der Waals surface area contributed by atoms with Gasteiger partial charge in [0.2, 0.25) is 5.91 Å². The number of nitrogens with one attached hydrogen (secondary N) is 3. The highest BCUT2D eigenvalue weighted by atomic mass is 32.2. The molecule has 0 aliphatic heterocycles. The summed E-state index contributed by atoms with van der Waals surface area (Å²) in [6, 6.07) is 5.36. The number of carbonyl (C=O) groups is 1. The molecule has 0 heterocycles. The van der Waals surface area contributed by atoms with Crippen molar-refractivity contribution in [1.82, 2.24) is 16.0 Å². The Balaban J connectivity index is 2.53. The molecular formula is C17H28N4O3S. The molecule has 1 aromatic rings. The molecule has 0 saturated heterocycles. The number of sulfone groups is 1. The van der Waals surface area contributed by atoms with Crippen LogP contribution in [0.5, 0.6) is 0 Å². The molecule has 3 N–H and O–H groups in total. The summed E-state index contributed by atoms with van der Waals surface area (Å²) in [5.74, 6) is 0.576. The molecule has 0 aliphatic carbocycles. The van der Waals surface area contributed by atoms with Gasteiger partial charge in [0.15, 0.2) is 15.8 Å². The fourth-order valence-electron chi connectivity index (χ4n) is 2.33. The topological polar surface area (TPSA) is 99.7 Å². The van der Waals surface area contributed by atoms with Crippen LogP contribution in [0.1, 0.15) is 31.4 Å². The maximum atomic E-state index is 11.6. The number of benzene rings is 1. The third-order valence-corrected chi connectivity index (χ3v) is 4.67. The first kappa shape index (κ1) is 21.0. The summed E-state index contributed by atoms with van der Waals surface area (Å²) in [5, 5.41) is 9.05. The average Bonchev–Trinajstić information content (AvgIpc) is 2.48. The molecule has 0 bridgehead atoms. The van der Waals surface area contributed by atoms with Crippen LogP contribution in [0.15, 0.2) is 28.1 Å². The monoisotopic (exact) mass is 368 g/mol. The summed E-state index contributed by atoms with van der Waals surface area (Å²) in [7, 11) is -1.56. The van der Waals surface area contributed by atoms with E-state index >= 15 is 0 Å². The van der Waals surface area contributed by atoms with Gasteiger partial charge in [0.25, 0.3) is 0 Å². The fraction of sp³-hybridized carbons (Fsp3) is 0.529. The van der Waals surface area contributed by atoms with E-state index in [4.69, 9.17) is 0 Å². The van der Waals surface area contributed by atoms with Gasteiger partial charge in [0, 0.05) is 38.9 Å². The molecule has 0 aliphatic rings. The van der Waals surface area contributed by atoms with Gasteiger partial charge in [-0.1, -0.05) is 12.1 Å². The maximum Gasteiger partial charge on any atom is 0.221 e. The summed E-state index contributed by atoms with van der Waals surface area (Å²) < 4.78 is 23.3. The van der Waals surface area contributed by atoms with Gasteiger partial charge in [0.1, 0.15) is 0 Å². The lowest BCUT2D eigenvalue weighted by Crippen LogP contribution is -2.39. The number of rotatable bonds is 7. The molecule has 0 aromatic heterocycles. The summed E-state index contributed by atoms with van der Waals surface area (Å²) >= 11 is 0. The van der Waals surface area contributed by atoms with Crippen molar-refractivity contribution < 1.29 is 13.2 Å². The Morgan fingerprint density at radius 3 is 2.44 bits per heavy atom. The van der Waals surface area contributed by atoms with Crippen LogP contribution < -0.4 is 16.0 Å². The largest absolute Gasteiger partial charge is 0.356 e. The highest BCUT2D eigenvalue weighted by molar-refractivity contribution is 7.90. The summed E-state index contributed by atoms with van der Waals surface area (Å²) in [6.45, 7) is 6.60. The number of aryl methyl sites for hydroxylation is 1. The number of aliphatic imine (C=N–C) groups is 1. The second-order valence-electron chi connectivity index (χ2n) is 6.20. The predicted molar refractivity (Wildman–Crippen MR) is 100 cm³/mol. The highest BCUT2D eigenvalue weighted by Gasteiger charge is 2.11. The smallest absolute Gasteiger partial charge is 0.221 e. The van der Waals surface area contributed by atoms with Crippen molar-refractivity contribution in [2.24, 2.45) is 4.99 Å². The van der Waals surface area contributed by atoms with E-state index in [0.29, 0.717) is 30.4 Å². The van der Waals surface area contributed by atoms with Crippen LogP contribution in [-0.2, 0) is 21.2 Å². The minimum Gasteiger partial charge on any atom is -0.356 e. The van der Waals surface area contributed by atoms with Crippen molar-refractivity contribution in [2.45, 2.75) is 44.7 Å². The molecule has 0 saturated carbocycles. The minimum atomic E-state index is -3.21. The molecule has 25 heavy (non-hydrogen) atoms. The van der Waals surface area contributed by atoms with Crippen molar-refractivity contribution in [3.63, 3.8) is 0 Å². The molecule has 1 aromatic carbocycles. The third-order valence-electron chi connectivity index (χ3n) is 3.42. The second kappa shape index (κ2) is 9.41. The van der Waals surface area contributed by atoms with Crippen molar-refractivity contribution >= 4 is 21.7 Å². The van der Waals surface area contributed by atoms with E-state index in [0.717, 1.165) is 11.1 Å². The van der Waals surface area contributed by atoms with Gasteiger partial charge in [-0.3, -0.25) is 9.79 Å². The van der Waals surface area contributed by atoms with Gasteiger partial charge in [-0.05, 0) is 38.0 Å². The number of guanidine groups is 1. The highest BCUT2D eigenvalue weighted by Crippen LogP contribution is 2.16. The summed E-state index contributed by atoms with van der Waals surface area (Å²) in [4.78, 5) is 16.0. The van der Waals surface area contributed by atoms with Gasteiger partial charge in [0.05, 0.1) is 4.90 Å². The summed E-state index contributed by atoms with van der Waals surface area (Å²) in [5.41, 5.74) is 1.67. The number of hydrogen-bond acceptors (Lipinski definition) is 4. The molecule has 1 amide bonds. The SMILES string of the molecule is CN=C(NCCC(=O)NC(C)C)NCc1ccc(S(C)(=O)=O)c(C)c1. The Hall–Kier alpha value is -2.09. The Morgan fingerprint density at radius 2 is 1.92 bits per heavy atom. The van der Waals surface area contributed by atoms with E-state index in [2.05, 4.69) is 20.9 Å². The van der Waals surface area contributed by atoms with Crippen LogP contribution in [0.3, 0.4) is 0 Å². The van der Waals surface area contributed by atoms with Crippen LogP contribution in [-0.4, -0.2) is 46.2 Å². The second-order valence-corrected chi connectivity index (χ2v) is 8.18. The van der Waals surface area contributed by atoms with Crippen LogP contribution in [0.25, 0.3) is 0 Å². The van der Waals surface area contributed by atoms with Gasteiger partial charge in [-0.25, -0.2) is 8.42 Å². The zero-order valence-electron chi connectivity index (χ0n) is 15.5. The zero-order valence-corrected chi connectivity index (χ0v) is 16.3. The molecule has 0 atom stereocenters. The predicted octanol–water partition coefficient (Wildman–Crippen LogP) is 0.978. The molecule has 0 radical (unpaired) electrons. The lowest BCUT2D eigenvalue weighted by Gasteiger charge is -2.13. The van der Waals surface area contributed by atoms with E-state index in [9.17, 15) is 13.2 Å². The first-order valence-electron chi connectivity index (χ1n) is 8.17. The minimum absolute atomic E-state index is 0.00931. The van der Waals surface area contributed by atoms with Gasteiger partial charge >= 0.3 is 0 Å². The van der Waals surface area contributed by atoms with E-state index < -0.39 is 9.84 Å². The van der Waals surface area contributed by atoms with Crippen LogP contribution >= 0.6 is 0 Å². The number of carbonyl (C=O) groups excluding carboxylic acids is 1. The maximum absolute atomic E-state index is 11.6. The van der Waals surface area contributed by atoms with Crippen LogP contribution in [0.2, 0.25) is 0 Å². The molecule has 1 rings (SSSR count). The fourth-order valence-corrected chi connectivity index (χ4v) is 3.29. The zero-order chi connectivity index (χ0) is 19.0. The van der Waals surface area contributed by atoms with Crippen molar-refractivity contribution in [1.29, 1.82) is 0 Å². The Kier molecular flexibility index (Phi) is 7.89. The van der Waals surface area contributed by atoms with Crippen LogP contribution in [0.4, 0.5) is 0 Å². The van der Waals surface area contributed by atoms with Gasteiger partial charge in [-0.15, -0.1) is 0 Å². The molecular weight excluding hydrogens is 340 g/mol. The first-order chi connectivity index (χ1) is 11.6. The van der Waals surface area contributed by atoms with Crippen molar-refractivity contribution in [3.05, 3.63) is 29.3 Å². The Bertz CT molecular complexity index is 727. The van der Waals surface area contributed by atoms with Gasteiger partial charge < -0.3 is 16.0 Å².